The Hall–Kier alpha value is -0.370. The molecule has 44 valence electrons. The molecule has 0 aliphatic rings. The fraction of sp³-hybridized carbons (Fsp3) is 0.500. The highest BCUT2D eigenvalue weighted by Gasteiger charge is 2.03. The first-order valence-corrected chi connectivity index (χ1v) is 3.47. The molecule has 0 aliphatic carbocycles. The van der Waals surface area contributed by atoms with Crippen LogP contribution >= 0.6 is 11.3 Å². The van der Waals surface area contributed by atoms with Crippen LogP contribution in [0.15, 0.2) is 0 Å². The fourth-order valence-electron chi connectivity index (χ4n) is 0.684. The summed E-state index contributed by atoms with van der Waals surface area (Å²) < 4.78 is 0. The second-order valence-corrected chi connectivity index (χ2v) is 3.39. The van der Waals surface area contributed by atoms with Gasteiger partial charge in [-0.25, -0.2) is 4.98 Å². The zero-order valence-electron chi connectivity index (χ0n) is 5.41. The van der Waals surface area contributed by atoms with Gasteiger partial charge in [0.05, 0.1) is 4.88 Å². The summed E-state index contributed by atoms with van der Waals surface area (Å²) in [6.45, 7) is 6.31. The third kappa shape index (κ3) is 0.892. The van der Waals surface area contributed by atoms with Crippen molar-refractivity contribution in [2.75, 3.05) is 0 Å². The maximum atomic E-state index is 3.23. The number of aryl methyl sites for hydroxylation is 3. The van der Waals surface area contributed by atoms with Crippen molar-refractivity contribution in [3.8, 4) is 0 Å². The monoisotopic (exact) mass is 128 g/mol. The van der Waals surface area contributed by atoms with Gasteiger partial charge in [0.25, 0.3) is 0 Å². The van der Waals surface area contributed by atoms with Gasteiger partial charge in [-0.1, -0.05) is 11.3 Å². The molecule has 0 bridgehead atoms. The highest BCUT2D eigenvalue weighted by molar-refractivity contribution is 7.11. The number of thiazole rings is 1. The first-order valence-electron chi connectivity index (χ1n) is 2.66. The van der Waals surface area contributed by atoms with Gasteiger partial charge in [-0.2, -0.15) is 0 Å². The van der Waals surface area contributed by atoms with Gasteiger partial charge in [0.15, 0.2) is 5.69 Å². The molecule has 0 saturated heterocycles. The zero-order valence-corrected chi connectivity index (χ0v) is 6.22. The van der Waals surface area contributed by atoms with Crippen LogP contribution in [0.1, 0.15) is 15.6 Å². The van der Waals surface area contributed by atoms with Crippen LogP contribution in [0.25, 0.3) is 0 Å². The lowest BCUT2D eigenvalue weighted by Crippen LogP contribution is -2.03. The molecule has 0 aliphatic heterocycles. The molecule has 0 spiro atoms. The molecule has 1 nitrogen and oxygen atoms in total. The van der Waals surface area contributed by atoms with Gasteiger partial charge >= 0.3 is 0 Å². The van der Waals surface area contributed by atoms with E-state index in [4.69, 9.17) is 0 Å². The molecular weight excluding hydrogens is 118 g/mol. The lowest BCUT2D eigenvalue weighted by molar-refractivity contribution is -0.389. The average molecular weight is 128 g/mol. The van der Waals surface area contributed by atoms with E-state index in [1.165, 1.54) is 15.6 Å². The van der Waals surface area contributed by atoms with Crippen molar-refractivity contribution in [1.29, 1.82) is 0 Å². The molecule has 0 unspecified atom stereocenters. The van der Waals surface area contributed by atoms with Crippen LogP contribution in [-0.2, 0) is 0 Å². The van der Waals surface area contributed by atoms with Gasteiger partial charge in [-0.15, -0.1) is 0 Å². The normalized spacial score (nSPS) is 9.88. The van der Waals surface area contributed by atoms with Crippen molar-refractivity contribution in [3.05, 3.63) is 15.6 Å². The van der Waals surface area contributed by atoms with Gasteiger partial charge in [-0.3, -0.25) is 0 Å². The minimum absolute atomic E-state index is 1.29. The molecule has 1 rings (SSSR count). The highest BCUT2D eigenvalue weighted by atomic mass is 32.1. The van der Waals surface area contributed by atoms with Crippen molar-refractivity contribution in [3.63, 3.8) is 0 Å². The summed E-state index contributed by atoms with van der Waals surface area (Å²) in [7, 11) is 0. The van der Waals surface area contributed by atoms with Crippen molar-refractivity contribution in [1.82, 2.24) is 0 Å². The van der Waals surface area contributed by atoms with Crippen LogP contribution < -0.4 is 4.98 Å². The van der Waals surface area contributed by atoms with Crippen molar-refractivity contribution >= 4 is 11.3 Å². The molecule has 0 radical (unpaired) electrons. The van der Waals surface area contributed by atoms with Gasteiger partial charge in [0, 0.05) is 13.8 Å². The van der Waals surface area contributed by atoms with E-state index in [9.17, 15) is 0 Å². The Balaban J connectivity index is 3.14. The lowest BCUT2D eigenvalue weighted by atomic mass is 10.4. The summed E-state index contributed by atoms with van der Waals surface area (Å²) in [5.41, 5.74) is 1.30. The lowest BCUT2D eigenvalue weighted by Gasteiger charge is -1.70. The van der Waals surface area contributed by atoms with E-state index >= 15 is 0 Å². The molecule has 1 N–H and O–H groups in total. The molecular formula is C6H10NS+. The molecule has 8 heavy (non-hydrogen) atoms. The summed E-state index contributed by atoms with van der Waals surface area (Å²) in [6.07, 6.45) is 0. The van der Waals surface area contributed by atoms with E-state index < -0.39 is 0 Å². The highest BCUT2D eigenvalue weighted by Crippen LogP contribution is 2.09. The number of hydrogen-bond donors (Lipinski definition) is 0. The van der Waals surface area contributed by atoms with E-state index in [1.807, 2.05) is 11.3 Å². The Labute approximate surface area is 53.4 Å². The maximum absolute atomic E-state index is 3.23. The maximum Gasteiger partial charge on any atom is 0.232 e. The van der Waals surface area contributed by atoms with E-state index in [-0.39, 0.29) is 0 Å². The molecule has 1 aromatic heterocycles. The number of hydrogen-bond acceptors (Lipinski definition) is 1. The van der Waals surface area contributed by atoms with Crippen LogP contribution in [-0.4, -0.2) is 0 Å². The van der Waals surface area contributed by atoms with Gasteiger partial charge < -0.3 is 0 Å². The molecule has 2 heteroatoms. The number of aromatic nitrogens is 1. The molecule has 0 fully saturated rings. The standard InChI is InChI=1S/C6H9NS/c1-4-5(2)8-6(3)7-4/h1-3H3/p+1. The Morgan fingerprint density at radius 3 is 2.00 bits per heavy atom. The van der Waals surface area contributed by atoms with Crippen LogP contribution in [0, 0.1) is 20.8 Å². The quantitative estimate of drug-likeness (QED) is 0.502. The van der Waals surface area contributed by atoms with E-state index in [1.54, 1.807) is 0 Å². The van der Waals surface area contributed by atoms with Crippen molar-refractivity contribution in [2.24, 2.45) is 0 Å². The largest absolute Gasteiger partial charge is 0.232 e. The summed E-state index contributed by atoms with van der Waals surface area (Å²) in [6, 6.07) is 0. The Kier molecular flexibility index (Phi) is 1.34. The van der Waals surface area contributed by atoms with E-state index in [0.717, 1.165) is 0 Å². The second-order valence-electron chi connectivity index (χ2n) is 1.96. The van der Waals surface area contributed by atoms with E-state index in [2.05, 4.69) is 25.8 Å². The van der Waals surface area contributed by atoms with Crippen LogP contribution in [0.5, 0.6) is 0 Å². The molecule has 0 atom stereocenters. The molecule has 0 amide bonds. The summed E-state index contributed by atoms with van der Waals surface area (Å²) in [5, 5.41) is 1.29. The third-order valence-corrected chi connectivity index (χ3v) is 2.22. The Morgan fingerprint density at radius 1 is 1.25 bits per heavy atom. The van der Waals surface area contributed by atoms with Gasteiger partial charge in [-0.05, 0) is 6.92 Å². The van der Waals surface area contributed by atoms with Crippen LogP contribution in [0.2, 0.25) is 0 Å². The summed E-state index contributed by atoms with van der Waals surface area (Å²) in [4.78, 5) is 4.62. The third-order valence-electron chi connectivity index (χ3n) is 1.20. The summed E-state index contributed by atoms with van der Waals surface area (Å²) >= 11 is 1.81. The fourth-order valence-corrected chi connectivity index (χ4v) is 1.55. The minimum atomic E-state index is 1.29. The van der Waals surface area contributed by atoms with Crippen LogP contribution in [0.4, 0.5) is 0 Å². The predicted octanol–water partition coefficient (Wildman–Crippen LogP) is 1.49. The minimum Gasteiger partial charge on any atom is -0.203 e. The molecule has 1 heterocycles. The smallest absolute Gasteiger partial charge is 0.203 e. The van der Waals surface area contributed by atoms with Gasteiger partial charge in [0.2, 0.25) is 5.01 Å². The SMILES string of the molecule is Cc1[nH+]c(C)c(C)s1. The molecule has 0 saturated carbocycles. The van der Waals surface area contributed by atoms with Gasteiger partial charge in [0.1, 0.15) is 0 Å². The Bertz CT molecular complexity index is 171. The first kappa shape index (κ1) is 5.76. The number of rotatable bonds is 0. The molecule has 1 aromatic rings. The Morgan fingerprint density at radius 2 is 1.88 bits per heavy atom. The second kappa shape index (κ2) is 1.86. The number of aromatic amines is 1. The predicted molar refractivity (Wildman–Crippen MR) is 35.1 cm³/mol. The number of nitrogens with one attached hydrogen (secondary N) is 1. The van der Waals surface area contributed by atoms with Crippen molar-refractivity contribution < 1.29 is 4.98 Å². The van der Waals surface area contributed by atoms with E-state index in [0.29, 0.717) is 0 Å². The summed E-state index contributed by atoms with van der Waals surface area (Å²) in [5.74, 6) is 0. The average Bonchev–Trinajstić information content (AvgIpc) is 1.85. The number of H-pyrrole nitrogens is 1. The van der Waals surface area contributed by atoms with Crippen molar-refractivity contribution in [2.45, 2.75) is 20.8 Å². The topological polar surface area (TPSA) is 14.1 Å². The zero-order chi connectivity index (χ0) is 6.15. The molecule has 0 aromatic carbocycles. The van der Waals surface area contributed by atoms with Crippen LogP contribution in [0.3, 0.4) is 0 Å². The first-order chi connectivity index (χ1) is 3.70.